The van der Waals surface area contributed by atoms with Crippen molar-refractivity contribution in [2.45, 2.75) is 13.3 Å². The van der Waals surface area contributed by atoms with Crippen LogP contribution in [0.25, 0.3) is 0 Å². The molecule has 0 spiro atoms. The monoisotopic (exact) mass is 198 g/mol. The van der Waals surface area contributed by atoms with Gasteiger partial charge in [-0.05, 0) is 6.92 Å². The Morgan fingerprint density at radius 3 is 2.86 bits per heavy atom. The highest BCUT2D eigenvalue weighted by molar-refractivity contribution is 5.92. The summed E-state index contributed by atoms with van der Waals surface area (Å²) < 4.78 is 4.69. The molecule has 0 aliphatic carbocycles. The minimum absolute atomic E-state index is 0.0834. The average Bonchev–Trinajstić information content (AvgIpc) is 2.51. The van der Waals surface area contributed by atoms with Gasteiger partial charge in [-0.25, -0.2) is 0 Å². The molecular formula is C8H10N2O4. The number of aromatic nitrogens is 1. The Bertz CT molecular complexity index is 345. The van der Waals surface area contributed by atoms with Gasteiger partial charge in [-0.3, -0.25) is 9.59 Å². The summed E-state index contributed by atoms with van der Waals surface area (Å²) in [5, 5.41) is 14.2. The highest BCUT2D eigenvalue weighted by Crippen LogP contribution is 2.00. The maximum Gasteiger partial charge on any atom is 0.305 e. The Balaban J connectivity index is 2.39. The number of hydrogen-bond acceptors (Lipinski definition) is 4. The number of hydrogen-bond donors (Lipinski definition) is 2. The van der Waals surface area contributed by atoms with E-state index in [9.17, 15) is 9.59 Å². The highest BCUT2D eigenvalue weighted by atomic mass is 16.5. The Hall–Kier alpha value is -1.85. The quantitative estimate of drug-likeness (QED) is 0.720. The lowest BCUT2D eigenvalue weighted by molar-refractivity contribution is -0.136. The second-order valence-electron chi connectivity index (χ2n) is 2.72. The van der Waals surface area contributed by atoms with Crippen LogP contribution in [-0.2, 0) is 4.79 Å². The predicted octanol–water partition coefficient (Wildman–Crippen LogP) is 0.188. The van der Waals surface area contributed by atoms with E-state index in [1.54, 1.807) is 6.92 Å². The van der Waals surface area contributed by atoms with Crippen molar-refractivity contribution in [1.82, 2.24) is 10.5 Å². The maximum absolute atomic E-state index is 11.2. The van der Waals surface area contributed by atoms with Crippen LogP contribution in [-0.4, -0.2) is 28.7 Å². The van der Waals surface area contributed by atoms with Crippen molar-refractivity contribution in [2.24, 2.45) is 0 Å². The van der Waals surface area contributed by atoms with E-state index in [0.29, 0.717) is 5.76 Å². The molecule has 0 unspecified atom stereocenters. The van der Waals surface area contributed by atoms with Gasteiger partial charge >= 0.3 is 5.97 Å². The molecule has 6 nitrogen and oxygen atoms in total. The van der Waals surface area contributed by atoms with Gasteiger partial charge in [-0.15, -0.1) is 0 Å². The molecule has 0 aliphatic heterocycles. The molecule has 0 saturated carbocycles. The molecule has 0 aromatic carbocycles. The molecule has 1 aromatic heterocycles. The van der Waals surface area contributed by atoms with Crippen LogP contribution in [0.4, 0.5) is 0 Å². The predicted molar refractivity (Wildman–Crippen MR) is 45.8 cm³/mol. The topological polar surface area (TPSA) is 92.4 Å². The van der Waals surface area contributed by atoms with Gasteiger partial charge in [0, 0.05) is 12.6 Å². The Labute approximate surface area is 79.9 Å². The molecule has 2 N–H and O–H groups in total. The van der Waals surface area contributed by atoms with Crippen molar-refractivity contribution in [3.05, 3.63) is 17.5 Å². The highest BCUT2D eigenvalue weighted by Gasteiger charge is 2.10. The number of aryl methyl sites for hydroxylation is 1. The van der Waals surface area contributed by atoms with Crippen LogP contribution in [0.2, 0.25) is 0 Å². The zero-order valence-electron chi connectivity index (χ0n) is 7.61. The number of carbonyl (C=O) groups excluding carboxylic acids is 1. The molecule has 1 heterocycles. The third-order valence-electron chi connectivity index (χ3n) is 1.49. The third-order valence-corrected chi connectivity index (χ3v) is 1.49. The van der Waals surface area contributed by atoms with Gasteiger partial charge < -0.3 is 14.9 Å². The molecule has 76 valence electrons. The first-order chi connectivity index (χ1) is 6.59. The van der Waals surface area contributed by atoms with Crippen molar-refractivity contribution in [1.29, 1.82) is 0 Å². The summed E-state index contributed by atoms with van der Waals surface area (Å²) in [5.41, 5.74) is 0.160. The van der Waals surface area contributed by atoms with Crippen molar-refractivity contribution >= 4 is 11.9 Å². The van der Waals surface area contributed by atoms with E-state index in [2.05, 4.69) is 15.0 Å². The first-order valence-corrected chi connectivity index (χ1v) is 4.03. The van der Waals surface area contributed by atoms with Crippen LogP contribution >= 0.6 is 0 Å². The number of rotatable bonds is 4. The van der Waals surface area contributed by atoms with Crippen molar-refractivity contribution in [3.63, 3.8) is 0 Å². The Kier molecular flexibility index (Phi) is 3.22. The first-order valence-electron chi connectivity index (χ1n) is 4.03. The molecule has 1 rings (SSSR count). The SMILES string of the molecule is Cc1cc(C(=O)NCCC(=O)O)no1. The van der Waals surface area contributed by atoms with Crippen LogP contribution in [0.3, 0.4) is 0 Å². The maximum atomic E-state index is 11.2. The van der Waals surface area contributed by atoms with Gasteiger partial charge in [0.25, 0.3) is 5.91 Å². The van der Waals surface area contributed by atoms with Crippen molar-refractivity contribution < 1.29 is 19.2 Å². The fourth-order valence-corrected chi connectivity index (χ4v) is 0.847. The molecular weight excluding hydrogens is 188 g/mol. The van der Waals surface area contributed by atoms with E-state index in [4.69, 9.17) is 5.11 Å². The van der Waals surface area contributed by atoms with Gasteiger partial charge in [0.05, 0.1) is 6.42 Å². The molecule has 0 aliphatic rings. The summed E-state index contributed by atoms with van der Waals surface area (Å²) in [6.07, 6.45) is -0.109. The molecule has 14 heavy (non-hydrogen) atoms. The van der Waals surface area contributed by atoms with Crippen LogP contribution < -0.4 is 5.32 Å². The van der Waals surface area contributed by atoms with Crippen molar-refractivity contribution in [3.8, 4) is 0 Å². The van der Waals surface area contributed by atoms with Crippen LogP contribution in [0.15, 0.2) is 10.6 Å². The molecule has 0 bridgehead atoms. The summed E-state index contributed by atoms with van der Waals surface area (Å²) in [5.74, 6) is -0.849. The summed E-state index contributed by atoms with van der Waals surface area (Å²) in [6, 6.07) is 1.48. The summed E-state index contributed by atoms with van der Waals surface area (Å²) in [4.78, 5) is 21.3. The fourth-order valence-electron chi connectivity index (χ4n) is 0.847. The number of carbonyl (C=O) groups is 2. The Morgan fingerprint density at radius 1 is 1.64 bits per heavy atom. The second kappa shape index (κ2) is 4.40. The molecule has 0 atom stereocenters. The molecule has 6 heteroatoms. The number of nitrogens with zero attached hydrogens (tertiary/aromatic N) is 1. The molecule has 0 radical (unpaired) electrons. The van der Waals surface area contributed by atoms with Gasteiger partial charge in [0.1, 0.15) is 5.76 Å². The lowest BCUT2D eigenvalue weighted by Crippen LogP contribution is -2.26. The van der Waals surface area contributed by atoms with Crippen LogP contribution in [0, 0.1) is 6.92 Å². The van der Waals surface area contributed by atoms with Crippen LogP contribution in [0.1, 0.15) is 22.7 Å². The number of nitrogens with one attached hydrogen (secondary N) is 1. The minimum atomic E-state index is -0.957. The summed E-state index contributed by atoms with van der Waals surface area (Å²) >= 11 is 0. The number of aliphatic carboxylic acids is 1. The molecule has 0 saturated heterocycles. The number of carboxylic acids is 1. The summed E-state index contributed by atoms with van der Waals surface area (Å²) in [6.45, 7) is 1.75. The zero-order valence-corrected chi connectivity index (χ0v) is 7.61. The third kappa shape index (κ3) is 2.89. The van der Waals surface area contributed by atoms with E-state index in [1.807, 2.05) is 0 Å². The van der Waals surface area contributed by atoms with Gasteiger partial charge in [-0.1, -0.05) is 5.16 Å². The largest absolute Gasteiger partial charge is 0.481 e. The van der Waals surface area contributed by atoms with Crippen molar-refractivity contribution in [2.75, 3.05) is 6.54 Å². The van der Waals surface area contributed by atoms with Crippen LogP contribution in [0.5, 0.6) is 0 Å². The van der Waals surface area contributed by atoms with Gasteiger partial charge in [-0.2, -0.15) is 0 Å². The lowest BCUT2D eigenvalue weighted by atomic mass is 10.3. The standard InChI is InChI=1S/C8H10N2O4/c1-5-4-6(10-14-5)8(13)9-3-2-7(11)12/h4H,2-3H2,1H3,(H,9,13)(H,11,12). The van der Waals surface area contributed by atoms with Gasteiger partial charge in [0.15, 0.2) is 5.69 Å². The van der Waals surface area contributed by atoms with E-state index in [0.717, 1.165) is 0 Å². The Morgan fingerprint density at radius 2 is 2.36 bits per heavy atom. The van der Waals surface area contributed by atoms with Gasteiger partial charge in [0.2, 0.25) is 0 Å². The van der Waals surface area contributed by atoms with E-state index in [-0.39, 0.29) is 18.7 Å². The smallest absolute Gasteiger partial charge is 0.305 e. The molecule has 0 fully saturated rings. The molecule has 1 aromatic rings. The second-order valence-corrected chi connectivity index (χ2v) is 2.72. The lowest BCUT2D eigenvalue weighted by Gasteiger charge is -1.98. The van der Waals surface area contributed by atoms with E-state index >= 15 is 0 Å². The first kappa shape index (κ1) is 10.2. The summed E-state index contributed by atoms with van der Waals surface area (Å²) in [7, 11) is 0. The fraction of sp³-hybridized carbons (Fsp3) is 0.375. The zero-order chi connectivity index (χ0) is 10.6. The minimum Gasteiger partial charge on any atom is -0.481 e. The number of amides is 1. The molecule has 1 amide bonds. The van der Waals surface area contributed by atoms with E-state index in [1.165, 1.54) is 6.07 Å². The number of carboxylic acid groups (broad SMARTS) is 1. The average molecular weight is 198 g/mol. The normalized spacial score (nSPS) is 9.79. The van der Waals surface area contributed by atoms with E-state index < -0.39 is 11.9 Å².